The molecule has 8 nitrogen and oxygen atoms in total. The molecule has 1 aromatic carbocycles. The van der Waals surface area contributed by atoms with Gasteiger partial charge >= 0.3 is 6.18 Å². The second kappa shape index (κ2) is 10.9. The van der Waals surface area contributed by atoms with Crippen LogP contribution in [0.15, 0.2) is 29.3 Å². The molecule has 3 fully saturated rings. The molecule has 0 radical (unpaired) electrons. The number of aromatic nitrogens is 2. The number of nitrogens with one attached hydrogen (secondary N) is 1. The first-order chi connectivity index (χ1) is 19.5. The Morgan fingerprint density at radius 3 is 2.33 bits per heavy atom. The van der Waals surface area contributed by atoms with Gasteiger partial charge in [-0.25, -0.2) is 13.4 Å². The number of halogens is 3. The van der Waals surface area contributed by atoms with Crippen LogP contribution >= 0.6 is 0 Å². The largest absolute Gasteiger partial charge is 0.421 e. The van der Waals surface area contributed by atoms with Gasteiger partial charge in [0, 0.05) is 36.9 Å². The molecule has 3 aliphatic rings. The standard InChI is InChI=1S/C30H42F3N5O3S/c1-19(2)37-12-9-29(10-13-37)15-23(16-29)42(40,41)22-6-7-25(20(3)14-22)35-27-34-17-24(30(31,32)33)26(36-27)38-11-8-21(18-38)28(4,5)39/h6-7,14,17,19,21,23,39H,8-13,15-16,18H2,1-5H3,(H,34,35,36)/t21-/m0/s1. The Balaban J connectivity index is 1.30. The van der Waals surface area contributed by atoms with Gasteiger partial charge in [0.15, 0.2) is 9.84 Å². The number of rotatable bonds is 7. The maximum atomic E-state index is 13.8. The van der Waals surface area contributed by atoms with E-state index in [1.54, 1.807) is 43.9 Å². The number of nitrogens with zero attached hydrogens (tertiary/aromatic N) is 4. The first-order valence-electron chi connectivity index (χ1n) is 14.8. The van der Waals surface area contributed by atoms with Crippen LogP contribution in [0, 0.1) is 18.3 Å². The van der Waals surface area contributed by atoms with E-state index in [1.807, 2.05) is 0 Å². The molecule has 2 N–H and O–H groups in total. The number of hydrogen-bond donors (Lipinski definition) is 2. The van der Waals surface area contributed by atoms with Gasteiger partial charge in [0.1, 0.15) is 11.4 Å². The van der Waals surface area contributed by atoms with Gasteiger partial charge in [-0.2, -0.15) is 18.2 Å². The summed E-state index contributed by atoms with van der Waals surface area (Å²) < 4.78 is 68.5. The van der Waals surface area contributed by atoms with Gasteiger partial charge in [-0.15, -0.1) is 0 Å². The summed E-state index contributed by atoms with van der Waals surface area (Å²) in [6, 6.07) is 5.29. The highest BCUT2D eigenvalue weighted by Gasteiger charge is 2.51. The third-order valence-corrected chi connectivity index (χ3v) is 11.8. The number of piperidine rings is 1. The molecule has 0 amide bonds. The van der Waals surface area contributed by atoms with Crippen LogP contribution in [0.2, 0.25) is 0 Å². The molecule has 3 heterocycles. The molecule has 12 heteroatoms. The van der Waals surface area contributed by atoms with Crippen molar-refractivity contribution in [2.24, 2.45) is 11.3 Å². The van der Waals surface area contributed by atoms with Crippen LogP contribution in [-0.2, 0) is 16.0 Å². The zero-order valence-corrected chi connectivity index (χ0v) is 25.8. The Bertz CT molecular complexity index is 1410. The summed E-state index contributed by atoms with van der Waals surface area (Å²) in [6.07, 6.45) is 0.113. The van der Waals surface area contributed by atoms with Gasteiger partial charge in [-0.05, 0) is 109 Å². The molecular weight excluding hydrogens is 567 g/mol. The van der Waals surface area contributed by atoms with Crippen molar-refractivity contribution in [1.82, 2.24) is 14.9 Å². The quantitative estimate of drug-likeness (QED) is 0.421. The number of sulfone groups is 1. The highest BCUT2D eigenvalue weighted by Crippen LogP contribution is 2.53. The minimum Gasteiger partial charge on any atom is -0.390 e. The van der Waals surface area contributed by atoms with E-state index in [0.29, 0.717) is 43.1 Å². The normalized spacial score (nSPS) is 22.1. The summed E-state index contributed by atoms with van der Waals surface area (Å²) in [5.41, 5.74) is -0.688. The van der Waals surface area contributed by atoms with Crippen molar-refractivity contribution in [3.63, 3.8) is 0 Å². The minimum atomic E-state index is -4.64. The van der Waals surface area contributed by atoms with E-state index < -0.39 is 32.4 Å². The fourth-order valence-electron chi connectivity index (χ4n) is 6.72. The van der Waals surface area contributed by atoms with E-state index in [-0.39, 0.29) is 34.5 Å². The van der Waals surface area contributed by atoms with E-state index in [2.05, 4.69) is 34.0 Å². The third-order valence-electron chi connectivity index (χ3n) is 9.68. The van der Waals surface area contributed by atoms with Crippen LogP contribution in [0.1, 0.15) is 70.9 Å². The van der Waals surface area contributed by atoms with E-state index in [4.69, 9.17) is 0 Å². The molecule has 1 aliphatic carbocycles. The highest BCUT2D eigenvalue weighted by atomic mass is 32.2. The number of anilines is 3. The number of likely N-dealkylation sites (tertiary alicyclic amines) is 1. The maximum Gasteiger partial charge on any atom is 0.421 e. The first kappa shape index (κ1) is 31.0. The number of alkyl halides is 3. The van der Waals surface area contributed by atoms with Gasteiger partial charge in [0.05, 0.1) is 15.7 Å². The molecule has 1 aromatic heterocycles. The van der Waals surface area contributed by atoms with E-state index in [1.165, 1.54) is 0 Å². The van der Waals surface area contributed by atoms with Gasteiger partial charge in [-0.1, -0.05) is 0 Å². The molecule has 42 heavy (non-hydrogen) atoms. The predicted octanol–water partition coefficient (Wildman–Crippen LogP) is 5.57. The smallest absolute Gasteiger partial charge is 0.390 e. The molecule has 2 saturated heterocycles. The summed E-state index contributed by atoms with van der Waals surface area (Å²) in [5.74, 6) is -0.445. The highest BCUT2D eigenvalue weighted by molar-refractivity contribution is 7.92. The average molecular weight is 610 g/mol. The minimum absolute atomic E-state index is 0.0166. The molecule has 0 bridgehead atoms. The van der Waals surface area contributed by atoms with Crippen LogP contribution in [0.4, 0.5) is 30.6 Å². The fraction of sp³-hybridized carbons (Fsp3) is 0.667. The van der Waals surface area contributed by atoms with Crippen molar-refractivity contribution >= 4 is 27.3 Å². The number of benzene rings is 1. The van der Waals surface area contributed by atoms with E-state index >= 15 is 0 Å². The summed E-state index contributed by atoms with van der Waals surface area (Å²) in [5, 5.41) is 13.0. The van der Waals surface area contributed by atoms with Crippen molar-refractivity contribution in [1.29, 1.82) is 0 Å². The van der Waals surface area contributed by atoms with Crippen LogP contribution in [0.5, 0.6) is 0 Å². The summed E-state index contributed by atoms with van der Waals surface area (Å²) in [7, 11) is -3.50. The van der Waals surface area contributed by atoms with E-state index in [9.17, 15) is 26.7 Å². The lowest BCUT2D eigenvalue weighted by Crippen LogP contribution is -2.52. The Morgan fingerprint density at radius 1 is 1.12 bits per heavy atom. The van der Waals surface area contributed by atoms with Crippen LogP contribution in [0.3, 0.4) is 0 Å². The molecule has 2 aromatic rings. The zero-order valence-electron chi connectivity index (χ0n) is 25.0. The number of aryl methyl sites for hydroxylation is 1. The van der Waals surface area contributed by atoms with Gasteiger partial charge in [0.25, 0.3) is 0 Å². The second-order valence-corrected chi connectivity index (χ2v) is 15.5. The Morgan fingerprint density at radius 2 is 1.79 bits per heavy atom. The molecule has 232 valence electrons. The topological polar surface area (TPSA) is 98.7 Å². The number of aliphatic hydroxyl groups is 1. The van der Waals surface area contributed by atoms with Crippen LogP contribution < -0.4 is 10.2 Å². The lowest BCUT2D eigenvalue weighted by molar-refractivity contribution is -0.137. The fourth-order valence-corrected chi connectivity index (χ4v) is 8.85. The Labute approximate surface area is 246 Å². The lowest BCUT2D eigenvalue weighted by atomic mass is 9.63. The van der Waals surface area contributed by atoms with Crippen molar-refractivity contribution in [3.05, 3.63) is 35.5 Å². The Kier molecular flexibility index (Phi) is 8.06. The predicted molar refractivity (Wildman–Crippen MR) is 157 cm³/mol. The molecule has 1 saturated carbocycles. The van der Waals surface area contributed by atoms with Crippen molar-refractivity contribution < 1.29 is 26.7 Å². The average Bonchev–Trinajstić information content (AvgIpc) is 3.39. The molecule has 1 spiro atoms. The molecule has 1 atom stereocenters. The molecular formula is C30H42F3N5O3S. The Hall–Kier alpha value is -2.44. The third kappa shape index (κ3) is 6.12. The lowest BCUT2D eigenvalue weighted by Gasteiger charge is -2.52. The monoisotopic (exact) mass is 609 g/mol. The summed E-state index contributed by atoms with van der Waals surface area (Å²) in [4.78, 5) is 12.4. The summed E-state index contributed by atoms with van der Waals surface area (Å²) in [6.45, 7) is 12.0. The van der Waals surface area contributed by atoms with Crippen LogP contribution in [-0.4, -0.2) is 71.5 Å². The SMILES string of the molecule is Cc1cc(S(=O)(=O)C2CC3(CCN(C(C)C)CC3)C2)ccc1Nc1ncc(C(F)(F)F)c(N2CC[C@H](C(C)(C)O)C2)n1. The van der Waals surface area contributed by atoms with Gasteiger partial charge < -0.3 is 20.2 Å². The van der Waals surface area contributed by atoms with Gasteiger partial charge in [0.2, 0.25) is 5.95 Å². The first-order valence-corrected chi connectivity index (χ1v) is 16.3. The molecule has 0 unspecified atom stereocenters. The van der Waals surface area contributed by atoms with E-state index in [0.717, 1.165) is 32.1 Å². The van der Waals surface area contributed by atoms with Crippen molar-refractivity contribution in [3.8, 4) is 0 Å². The zero-order chi connectivity index (χ0) is 30.7. The van der Waals surface area contributed by atoms with Gasteiger partial charge in [-0.3, -0.25) is 0 Å². The summed E-state index contributed by atoms with van der Waals surface area (Å²) >= 11 is 0. The molecule has 2 aliphatic heterocycles. The van der Waals surface area contributed by atoms with Crippen molar-refractivity contribution in [2.75, 3.05) is 36.4 Å². The second-order valence-electron chi connectivity index (χ2n) is 13.3. The number of hydrogen-bond acceptors (Lipinski definition) is 8. The van der Waals surface area contributed by atoms with Crippen molar-refractivity contribution in [2.45, 2.75) is 94.7 Å². The van der Waals surface area contributed by atoms with Crippen LogP contribution in [0.25, 0.3) is 0 Å². The maximum absolute atomic E-state index is 13.8. The molecule has 5 rings (SSSR count).